The summed E-state index contributed by atoms with van der Waals surface area (Å²) < 4.78 is 56.6. The fourth-order valence-corrected chi connectivity index (χ4v) is 3.82. The summed E-state index contributed by atoms with van der Waals surface area (Å²) in [4.78, 5) is 51.3. The maximum atomic E-state index is 13.3. The van der Waals surface area contributed by atoms with Crippen molar-refractivity contribution in [3.63, 3.8) is 0 Å². The number of nitrogens with zero attached hydrogens (tertiary/aromatic N) is 5. The van der Waals surface area contributed by atoms with Gasteiger partial charge in [-0.05, 0) is 12.1 Å². The zero-order valence-corrected chi connectivity index (χ0v) is 20.7. The van der Waals surface area contributed by atoms with Gasteiger partial charge in [0.15, 0.2) is 11.5 Å². The molecule has 2 amide bonds. The predicted molar refractivity (Wildman–Crippen MR) is 131 cm³/mol. The number of nitrogen functional groups attached to an aromatic ring is 1. The van der Waals surface area contributed by atoms with Crippen LogP contribution in [-0.2, 0) is 16.1 Å². The first kappa shape index (κ1) is 27.6. The van der Waals surface area contributed by atoms with Gasteiger partial charge in [0.05, 0.1) is 44.3 Å². The maximum Gasteiger partial charge on any atom is 0.406 e. The van der Waals surface area contributed by atoms with Crippen molar-refractivity contribution in [1.82, 2.24) is 24.4 Å². The SMILES string of the molecule is COc1c(OCCC(=O)N2CCOCC2)ccc2c(=O)n(CC(F)(F)F)c(NC(=O)c3cnc(N)nc3)nc12. The first-order valence-electron chi connectivity index (χ1n) is 11.6. The van der Waals surface area contributed by atoms with Gasteiger partial charge in [-0.1, -0.05) is 0 Å². The van der Waals surface area contributed by atoms with Crippen molar-refractivity contribution in [3.05, 3.63) is 40.4 Å². The average Bonchev–Trinajstić information content (AvgIpc) is 2.90. The maximum absolute atomic E-state index is 13.3. The van der Waals surface area contributed by atoms with E-state index >= 15 is 0 Å². The molecule has 1 fully saturated rings. The smallest absolute Gasteiger partial charge is 0.406 e. The van der Waals surface area contributed by atoms with Crippen molar-refractivity contribution in [3.8, 4) is 11.5 Å². The van der Waals surface area contributed by atoms with E-state index in [0.29, 0.717) is 30.9 Å². The quantitative estimate of drug-likeness (QED) is 0.416. The van der Waals surface area contributed by atoms with Crippen molar-refractivity contribution in [2.75, 3.05) is 51.1 Å². The molecule has 39 heavy (non-hydrogen) atoms. The number of rotatable bonds is 8. The highest BCUT2D eigenvalue weighted by molar-refractivity contribution is 6.03. The molecule has 16 heteroatoms. The van der Waals surface area contributed by atoms with Gasteiger partial charge in [0.1, 0.15) is 12.1 Å². The van der Waals surface area contributed by atoms with Gasteiger partial charge >= 0.3 is 6.18 Å². The van der Waals surface area contributed by atoms with Crippen molar-refractivity contribution in [2.45, 2.75) is 19.1 Å². The van der Waals surface area contributed by atoms with Gasteiger partial charge in [0.2, 0.25) is 17.8 Å². The Labute approximate surface area is 218 Å². The van der Waals surface area contributed by atoms with Gasteiger partial charge in [-0.3, -0.25) is 24.3 Å². The molecule has 0 spiro atoms. The molecule has 1 saturated heterocycles. The van der Waals surface area contributed by atoms with Crippen molar-refractivity contribution in [2.24, 2.45) is 0 Å². The lowest BCUT2D eigenvalue weighted by atomic mass is 10.2. The van der Waals surface area contributed by atoms with Crippen LogP contribution in [0.1, 0.15) is 16.8 Å². The highest BCUT2D eigenvalue weighted by Gasteiger charge is 2.31. The van der Waals surface area contributed by atoms with Crippen LogP contribution < -0.4 is 26.1 Å². The number of morpholine rings is 1. The van der Waals surface area contributed by atoms with E-state index in [0.717, 1.165) is 12.4 Å². The van der Waals surface area contributed by atoms with Gasteiger partial charge in [-0.25, -0.2) is 15.0 Å². The molecule has 1 aliphatic heterocycles. The number of amides is 2. The monoisotopic (exact) mass is 551 g/mol. The fraction of sp³-hybridized carbons (Fsp3) is 0.391. The Morgan fingerprint density at radius 2 is 1.87 bits per heavy atom. The summed E-state index contributed by atoms with van der Waals surface area (Å²) in [7, 11) is 1.26. The van der Waals surface area contributed by atoms with Gasteiger partial charge < -0.3 is 24.8 Å². The number of nitrogens with two attached hydrogens (primary N) is 1. The van der Waals surface area contributed by atoms with E-state index in [1.165, 1.54) is 19.2 Å². The number of carbonyl (C=O) groups excluding carboxylic acids is 2. The van der Waals surface area contributed by atoms with Crippen molar-refractivity contribution < 1.29 is 37.0 Å². The number of hydrogen-bond donors (Lipinski definition) is 2. The molecule has 0 unspecified atom stereocenters. The first-order valence-corrected chi connectivity index (χ1v) is 11.6. The summed E-state index contributed by atoms with van der Waals surface area (Å²) in [6.07, 6.45) is -2.62. The number of hydrogen-bond acceptors (Lipinski definition) is 10. The van der Waals surface area contributed by atoms with E-state index in [1.807, 2.05) is 0 Å². The highest BCUT2D eigenvalue weighted by atomic mass is 19.4. The van der Waals surface area contributed by atoms with Crippen molar-refractivity contribution in [1.29, 1.82) is 0 Å². The molecule has 13 nitrogen and oxygen atoms in total. The van der Waals surface area contributed by atoms with Gasteiger partial charge in [-0.15, -0.1) is 0 Å². The lowest BCUT2D eigenvalue weighted by Gasteiger charge is -2.26. The molecule has 3 aromatic rings. The normalized spacial score (nSPS) is 13.8. The molecule has 0 saturated carbocycles. The number of halogens is 3. The largest absolute Gasteiger partial charge is 0.491 e. The molecule has 3 N–H and O–H groups in total. The van der Waals surface area contributed by atoms with Crippen LogP contribution in [0.15, 0.2) is 29.3 Å². The van der Waals surface area contributed by atoms with E-state index < -0.39 is 30.1 Å². The Morgan fingerprint density at radius 1 is 1.18 bits per heavy atom. The van der Waals surface area contributed by atoms with Gasteiger partial charge in [-0.2, -0.15) is 13.2 Å². The van der Waals surface area contributed by atoms with Crippen LogP contribution in [0.2, 0.25) is 0 Å². The molecule has 3 heterocycles. The zero-order valence-electron chi connectivity index (χ0n) is 20.7. The van der Waals surface area contributed by atoms with E-state index in [-0.39, 0.29) is 52.8 Å². The molecular weight excluding hydrogens is 527 g/mol. The van der Waals surface area contributed by atoms with E-state index in [9.17, 15) is 27.6 Å². The molecule has 1 aliphatic rings. The first-order chi connectivity index (χ1) is 18.6. The van der Waals surface area contributed by atoms with Crippen molar-refractivity contribution >= 4 is 34.6 Å². The number of aromatic nitrogens is 4. The minimum atomic E-state index is -4.80. The molecule has 4 rings (SSSR count). The summed E-state index contributed by atoms with van der Waals surface area (Å²) in [5.41, 5.74) is 4.04. The lowest BCUT2D eigenvalue weighted by Crippen LogP contribution is -2.41. The number of alkyl halides is 3. The van der Waals surface area contributed by atoms with Crippen LogP contribution in [0, 0.1) is 0 Å². The minimum absolute atomic E-state index is 0.0378. The summed E-state index contributed by atoms with van der Waals surface area (Å²) in [5, 5.41) is 2.00. The number of anilines is 2. The third kappa shape index (κ3) is 6.51. The molecule has 0 aliphatic carbocycles. The van der Waals surface area contributed by atoms with Crippen LogP contribution in [0.4, 0.5) is 25.1 Å². The summed E-state index contributed by atoms with van der Waals surface area (Å²) in [6, 6.07) is 2.57. The third-order valence-electron chi connectivity index (χ3n) is 5.68. The second kappa shape index (κ2) is 11.5. The molecule has 0 bridgehead atoms. The second-order valence-electron chi connectivity index (χ2n) is 8.31. The fourth-order valence-electron chi connectivity index (χ4n) is 3.82. The minimum Gasteiger partial charge on any atom is -0.491 e. The van der Waals surface area contributed by atoms with E-state index in [4.69, 9.17) is 19.9 Å². The number of benzene rings is 1. The molecule has 208 valence electrons. The van der Waals surface area contributed by atoms with Crippen LogP contribution >= 0.6 is 0 Å². The predicted octanol–water partition coefficient (Wildman–Crippen LogP) is 1.22. The Balaban J connectivity index is 1.66. The van der Waals surface area contributed by atoms with E-state index in [2.05, 4.69) is 20.3 Å². The Hall–Kier alpha value is -4.47. The number of carbonyl (C=O) groups is 2. The molecule has 0 atom stereocenters. The number of ether oxygens (including phenoxy) is 3. The van der Waals surface area contributed by atoms with Crippen LogP contribution in [0.3, 0.4) is 0 Å². The van der Waals surface area contributed by atoms with Gasteiger partial charge in [0.25, 0.3) is 11.5 Å². The zero-order chi connectivity index (χ0) is 28.2. The average molecular weight is 551 g/mol. The van der Waals surface area contributed by atoms with Crippen LogP contribution in [-0.4, -0.2) is 82.4 Å². The topological polar surface area (TPSA) is 164 Å². The summed E-state index contributed by atoms with van der Waals surface area (Å²) in [6.45, 7) is 0.100. The second-order valence-corrected chi connectivity index (χ2v) is 8.31. The Morgan fingerprint density at radius 3 is 2.51 bits per heavy atom. The van der Waals surface area contributed by atoms with E-state index in [1.54, 1.807) is 4.90 Å². The third-order valence-corrected chi connectivity index (χ3v) is 5.68. The number of nitrogens with one attached hydrogen (secondary N) is 1. The van der Waals surface area contributed by atoms with Crippen LogP contribution in [0.25, 0.3) is 10.9 Å². The Kier molecular flexibility index (Phi) is 8.13. The molecular formula is C23H24F3N7O6. The number of fused-ring (bicyclic) bond motifs is 1. The Bertz CT molecular complexity index is 1420. The molecule has 1 aromatic carbocycles. The van der Waals surface area contributed by atoms with Crippen LogP contribution in [0.5, 0.6) is 11.5 Å². The lowest BCUT2D eigenvalue weighted by molar-refractivity contribution is -0.141. The number of methoxy groups -OCH3 is 1. The summed E-state index contributed by atoms with van der Waals surface area (Å²) >= 11 is 0. The molecule has 0 radical (unpaired) electrons. The summed E-state index contributed by atoms with van der Waals surface area (Å²) in [5.74, 6) is -1.83. The van der Waals surface area contributed by atoms with Gasteiger partial charge in [0, 0.05) is 25.5 Å². The molecule has 2 aromatic heterocycles. The highest BCUT2D eigenvalue weighted by Crippen LogP contribution is 2.34. The standard InChI is InChI=1S/C23H24F3N7O6/c1-37-18-15(39-7-4-16(34)32-5-8-38-9-6-32)3-2-14-17(18)30-22(33(20(14)36)12-23(24,25)26)31-19(35)13-10-28-21(27)29-11-13/h2-3,10-11H,4-9,12H2,1H3,(H2,27,28,29)(H,30,31,35).